The Labute approximate surface area is 83.2 Å². The van der Waals surface area contributed by atoms with Gasteiger partial charge < -0.3 is 14.6 Å². The Kier molecular flexibility index (Phi) is 1.89. The number of benzene rings is 1. The lowest BCUT2D eigenvalue weighted by atomic mass is 10.1. The van der Waals surface area contributed by atoms with Gasteiger partial charge in [-0.05, 0) is 19.1 Å². The second-order valence-corrected chi connectivity index (χ2v) is 3.14. The van der Waals surface area contributed by atoms with Gasteiger partial charge in [-0.1, -0.05) is 0 Å². The van der Waals surface area contributed by atoms with Crippen LogP contribution >= 0.6 is 0 Å². The standard InChI is InChI=1S/C10H7FO4/c1-4-5-2-3-6(12)8(13)9(5)15-10(14)7(4)11/h2-3,12-13H,1H3. The highest BCUT2D eigenvalue weighted by Crippen LogP contribution is 2.34. The Morgan fingerprint density at radius 3 is 2.67 bits per heavy atom. The second-order valence-electron chi connectivity index (χ2n) is 3.14. The number of hydrogen-bond donors (Lipinski definition) is 2. The Bertz CT molecular complexity index is 600. The van der Waals surface area contributed by atoms with E-state index in [0.717, 1.165) is 0 Å². The summed E-state index contributed by atoms with van der Waals surface area (Å²) >= 11 is 0. The maximum atomic E-state index is 13.1. The summed E-state index contributed by atoms with van der Waals surface area (Å²) in [6.07, 6.45) is 0. The lowest BCUT2D eigenvalue weighted by Gasteiger charge is -2.04. The summed E-state index contributed by atoms with van der Waals surface area (Å²) in [5, 5.41) is 18.8. The van der Waals surface area contributed by atoms with Crippen molar-refractivity contribution in [3.05, 3.63) is 33.9 Å². The lowest BCUT2D eigenvalue weighted by molar-refractivity contribution is 0.393. The Hall–Kier alpha value is -2.04. The van der Waals surface area contributed by atoms with Crippen LogP contribution in [-0.2, 0) is 0 Å². The Balaban J connectivity index is 3.05. The number of phenols is 2. The number of hydrogen-bond acceptors (Lipinski definition) is 4. The Morgan fingerprint density at radius 1 is 1.33 bits per heavy atom. The second kappa shape index (κ2) is 2.98. The molecule has 0 saturated carbocycles. The SMILES string of the molecule is Cc1c(F)c(=O)oc2c(O)c(O)ccc12. The van der Waals surface area contributed by atoms with Gasteiger partial charge in [-0.15, -0.1) is 0 Å². The van der Waals surface area contributed by atoms with Crippen molar-refractivity contribution in [2.24, 2.45) is 0 Å². The molecule has 0 amide bonds. The van der Waals surface area contributed by atoms with E-state index in [1.54, 1.807) is 0 Å². The van der Waals surface area contributed by atoms with Crippen molar-refractivity contribution in [2.45, 2.75) is 6.92 Å². The summed E-state index contributed by atoms with van der Waals surface area (Å²) in [7, 11) is 0. The van der Waals surface area contributed by atoms with Crippen LogP contribution in [-0.4, -0.2) is 10.2 Å². The van der Waals surface area contributed by atoms with Crippen molar-refractivity contribution in [1.82, 2.24) is 0 Å². The molecule has 0 aliphatic carbocycles. The molecule has 0 saturated heterocycles. The van der Waals surface area contributed by atoms with E-state index in [-0.39, 0.29) is 16.5 Å². The molecule has 0 unspecified atom stereocenters. The molecule has 5 heteroatoms. The first-order valence-corrected chi connectivity index (χ1v) is 4.16. The summed E-state index contributed by atoms with van der Waals surface area (Å²) in [6.45, 7) is 1.39. The molecule has 2 rings (SSSR count). The average Bonchev–Trinajstić information content (AvgIpc) is 2.21. The summed E-state index contributed by atoms with van der Waals surface area (Å²) < 4.78 is 17.7. The number of aromatic hydroxyl groups is 2. The highest BCUT2D eigenvalue weighted by molar-refractivity contribution is 5.87. The van der Waals surface area contributed by atoms with Crippen LogP contribution in [0.25, 0.3) is 11.0 Å². The highest BCUT2D eigenvalue weighted by atomic mass is 19.1. The number of rotatable bonds is 0. The molecule has 1 aromatic heterocycles. The van der Waals surface area contributed by atoms with Crippen LogP contribution in [0.3, 0.4) is 0 Å². The number of halogens is 1. The third kappa shape index (κ3) is 1.24. The molecule has 1 aromatic carbocycles. The van der Waals surface area contributed by atoms with Crippen molar-refractivity contribution < 1.29 is 19.0 Å². The number of phenolic OH excluding ortho intramolecular Hbond substituents is 2. The molecule has 4 nitrogen and oxygen atoms in total. The fourth-order valence-corrected chi connectivity index (χ4v) is 1.37. The van der Waals surface area contributed by atoms with Gasteiger partial charge in [-0.25, -0.2) is 4.79 Å². The zero-order valence-electron chi connectivity index (χ0n) is 7.74. The summed E-state index contributed by atoms with van der Waals surface area (Å²) in [5.74, 6) is -1.98. The van der Waals surface area contributed by atoms with E-state index >= 15 is 0 Å². The quantitative estimate of drug-likeness (QED) is 0.512. The minimum atomic E-state index is -1.17. The van der Waals surface area contributed by atoms with Gasteiger partial charge in [0.2, 0.25) is 11.6 Å². The van der Waals surface area contributed by atoms with Crippen LogP contribution in [0.2, 0.25) is 0 Å². The van der Waals surface area contributed by atoms with E-state index in [1.807, 2.05) is 0 Å². The molecule has 0 bridgehead atoms. The first-order chi connectivity index (χ1) is 7.02. The molecule has 0 spiro atoms. The maximum Gasteiger partial charge on any atom is 0.373 e. The van der Waals surface area contributed by atoms with Crippen LogP contribution in [0.15, 0.2) is 21.3 Å². The molecular weight excluding hydrogens is 203 g/mol. The van der Waals surface area contributed by atoms with E-state index < -0.39 is 22.9 Å². The molecule has 0 aliphatic heterocycles. The molecule has 2 N–H and O–H groups in total. The molecule has 78 valence electrons. The van der Waals surface area contributed by atoms with Crippen LogP contribution in [0.5, 0.6) is 11.5 Å². The zero-order chi connectivity index (χ0) is 11.2. The fourth-order valence-electron chi connectivity index (χ4n) is 1.37. The van der Waals surface area contributed by atoms with Crippen molar-refractivity contribution in [1.29, 1.82) is 0 Å². The van der Waals surface area contributed by atoms with Gasteiger partial charge in [0, 0.05) is 10.9 Å². The van der Waals surface area contributed by atoms with Crippen LogP contribution < -0.4 is 5.63 Å². The van der Waals surface area contributed by atoms with E-state index in [2.05, 4.69) is 4.42 Å². The van der Waals surface area contributed by atoms with Gasteiger partial charge in [-0.2, -0.15) is 4.39 Å². The molecule has 2 aromatic rings. The lowest BCUT2D eigenvalue weighted by Crippen LogP contribution is -2.06. The molecule has 0 aliphatic rings. The number of fused-ring (bicyclic) bond motifs is 1. The van der Waals surface area contributed by atoms with Gasteiger partial charge in [0.1, 0.15) is 0 Å². The Morgan fingerprint density at radius 2 is 2.00 bits per heavy atom. The smallest absolute Gasteiger partial charge is 0.373 e. The molecular formula is C10H7FO4. The van der Waals surface area contributed by atoms with Crippen molar-refractivity contribution in [2.75, 3.05) is 0 Å². The fraction of sp³-hybridized carbons (Fsp3) is 0.100. The predicted octanol–water partition coefficient (Wildman–Crippen LogP) is 1.65. The van der Waals surface area contributed by atoms with Gasteiger partial charge >= 0.3 is 5.63 Å². The van der Waals surface area contributed by atoms with E-state index in [4.69, 9.17) is 5.11 Å². The van der Waals surface area contributed by atoms with Crippen LogP contribution in [0, 0.1) is 12.7 Å². The molecule has 1 heterocycles. The molecule has 0 radical (unpaired) electrons. The largest absolute Gasteiger partial charge is 0.504 e. The van der Waals surface area contributed by atoms with Crippen molar-refractivity contribution in [3.63, 3.8) is 0 Å². The summed E-state index contributed by atoms with van der Waals surface area (Å²) in [4.78, 5) is 11.0. The normalized spacial score (nSPS) is 10.8. The third-order valence-electron chi connectivity index (χ3n) is 2.22. The topological polar surface area (TPSA) is 70.7 Å². The van der Waals surface area contributed by atoms with Gasteiger partial charge in [0.15, 0.2) is 11.3 Å². The minimum absolute atomic E-state index is 0.0801. The zero-order valence-corrected chi connectivity index (χ0v) is 7.74. The first-order valence-electron chi connectivity index (χ1n) is 4.16. The van der Waals surface area contributed by atoms with E-state index in [1.165, 1.54) is 19.1 Å². The predicted molar refractivity (Wildman–Crippen MR) is 50.5 cm³/mol. The first kappa shape index (κ1) is 9.51. The summed E-state index contributed by atoms with van der Waals surface area (Å²) in [5.41, 5.74) is -1.30. The molecule has 0 atom stereocenters. The number of aryl methyl sites for hydroxylation is 1. The molecule has 15 heavy (non-hydrogen) atoms. The van der Waals surface area contributed by atoms with Gasteiger partial charge in [-0.3, -0.25) is 0 Å². The van der Waals surface area contributed by atoms with Crippen LogP contribution in [0.1, 0.15) is 5.56 Å². The van der Waals surface area contributed by atoms with Crippen molar-refractivity contribution in [3.8, 4) is 11.5 Å². The summed E-state index contributed by atoms with van der Waals surface area (Å²) in [6, 6.07) is 2.57. The monoisotopic (exact) mass is 210 g/mol. The van der Waals surface area contributed by atoms with E-state index in [0.29, 0.717) is 0 Å². The van der Waals surface area contributed by atoms with Gasteiger partial charge in [0.25, 0.3) is 0 Å². The van der Waals surface area contributed by atoms with Crippen LogP contribution in [0.4, 0.5) is 4.39 Å². The average molecular weight is 210 g/mol. The minimum Gasteiger partial charge on any atom is -0.504 e. The van der Waals surface area contributed by atoms with E-state index in [9.17, 15) is 14.3 Å². The highest BCUT2D eigenvalue weighted by Gasteiger charge is 2.15. The van der Waals surface area contributed by atoms with Gasteiger partial charge in [0.05, 0.1) is 0 Å². The maximum absolute atomic E-state index is 13.1. The van der Waals surface area contributed by atoms with Crippen molar-refractivity contribution >= 4 is 11.0 Å². The molecule has 0 fully saturated rings. The third-order valence-corrected chi connectivity index (χ3v) is 2.22.